The average Bonchev–Trinajstić information content (AvgIpc) is 3.07. The average molecular weight is 364 g/mol. The number of hydrogen-bond donors (Lipinski definition) is 1. The normalized spacial score (nSPS) is 17.4. The van der Waals surface area contributed by atoms with E-state index in [1.165, 1.54) is 4.90 Å². The molecule has 1 aromatic rings. The quantitative estimate of drug-likeness (QED) is 0.777. The number of urea groups is 1. The molecule has 26 heavy (non-hydrogen) atoms. The molecule has 8 heteroatoms. The fourth-order valence-electron chi connectivity index (χ4n) is 3.26. The molecular weight excluding hydrogens is 332 g/mol. The van der Waals surface area contributed by atoms with Crippen LogP contribution in [-0.2, 0) is 11.3 Å². The number of amides is 3. The number of likely N-dealkylation sites (tertiary alicyclic amines) is 1. The van der Waals surface area contributed by atoms with E-state index in [1.54, 1.807) is 14.1 Å². The van der Waals surface area contributed by atoms with Gasteiger partial charge in [0.1, 0.15) is 5.82 Å². The fourth-order valence-corrected chi connectivity index (χ4v) is 3.26. The maximum absolute atomic E-state index is 12.4. The van der Waals surface area contributed by atoms with Gasteiger partial charge in [0, 0.05) is 52.0 Å². The van der Waals surface area contributed by atoms with E-state index in [0.29, 0.717) is 6.54 Å². The summed E-state index contributed by atoms with van der Waals surface area (Å²) in [5.74, 6) is 1.29. The molecule has 1 saturated heterocycles. The first-order valence-corrected chi connectivity index (χ1v) is 9.27. The van der Waals surface area contributed by atoms with Gasteiger partial charge in [-0.15, -0.1) is 0 Å². The second-order valence-corrected chi connectivity index (χ2v) is 7.37. The molecule has 1 fully saturated rings. The Labute approximate surface area is 156 Å². The van der Waals surface area contributed by atoms with Crippen molar-refractivity contribution in [1.82, 2.24) is 29.6 Å². The van der Waals surface area contributed by atoms with Gasteiger partial charge in [0.15, 0.2) is 0 Å². The van der Waals surface area contributed by atoms with Gasteiger partial charge in [-0.25, -0.2) is 9.78 Å². The summed E-state index contributed by atoms with van der Waals surface area (Å²) in [5.41, 5.74) is 0. The topological polar surface area (TPSA) is 73.7 Å². The van der Waals surface area contributed by atoms with Crippen molar-refractivity contribution in [2.24, 2.45) is 0 Å². The number of aryl methyl sites for hydroxylation is 1. The lowest BCUT2D eigenvalue weighted by atomic mass is 9.97. The molecular formula is C18H32N6O2. The largest absolute Gasteiger partial charge is 0.340 e. The van der Waals surface area contributed by atoms with E-state index in [9.17, 15) is 9.59 Å². The first-order valence-electron chi connectivity index (χ1n) is 9.27. The van der Waals surface area contributed by atoms with Crippen molar-refractivity contribution < 1.29 is 9.59 Å². The summed E-state index contributed by atoms with van der Waals surface area (Å²) in [5, 5.41) is 2.65. The molecule has 1 aliphatic rings. The van der Waals surface area contributed by atoms with Gasteiger partial charge in [-0.1, -0.05) is 0 Å². The first-order chi connectivity index (χ1) is 12.4. The molecule has 1 aliphatic heterocycles. The van der Waals surface area contributed by atoms with E-state index in [-0.39, 0.29) is 24.4 Å². The molecule has 3 amide bonds. The van der Waals surface area contributed by atoms with Gasteiger partial charge in [-0.2, -0.15) is 0 Å². The Kier molecular flexibility index (Phi) is 7.44. The van der Waals surface area contributed by atoms with Crippen LogP contribution in [-0.4, -0.2) is 90.6 Å². The van der Waals surface area contributed by atoms with Crippen LogP contribution in [0.2, 0.25) is 0 Å². The van der Waals surface area contributed by atoms with Crippen LogP contribution in [0.3, 0.4) is 0 Å². The Balaban J connectivity index is 1.91. The number of carbonyl (C=O) groups excluding carboxylic acids is 2. The molecule has 0 spiro atoms. The summed E-state index contributed by atoms with van der Waals surface area (Å²) in [6.45, 7) is 3.44. The highest BCUT2D eigenvalue weighted by atomic mass is 16.2. The molecule has 8 nitrogen and oxygen atoms in total. The summed E-state index contributed by atoms with van der Waals surface area (Å²) >= 11 is 0. The lowest BCUT2D eigenvalue weighted by Gasteiger charge is -2.33. The molecule has 1 aromatic heterocycles. The van der Waals surface area contributed by atoms with Crippen LogP contribution >= 0.6 is 0 Å². The number of nitrogens with one attached hydrogen (secondary N) is 1. The Morgan fingerprint density at radius 2 is 2.08 bits per heavy atom. The monoisotopic (exact) mass is 364 g/mol. The fraction of sp³-hybridized carbons (Fsp3) is 0.722. The van der Waals surface area contributed by atoms with Crippen molar-refractivity contribution in [2.45, 2.75) is 31.7 Å². The third kappa shape index (κ3) is 5.72. The van der Waals surface area contributed by atoms with Crippen molar-refractivity contribution in [2.75, 3.05) is 54.4 Å². The van der Waals surface area contributed by atoms with Crippen LogP contribution in [0.1, 0.15) is 31.0 Å². The summed E-state index contributed by atoms with van der Waals surface area (Å²) in [6.07, 6.45) is 6.95. The highest BCUT2D eigenvalue weighted by molar-refractivity contribution is 5.83. The van der Waals surface area contributed by atoms with Crippen LogP contribution in [0.25, 0.3) is 0 Å². The van der Waals surface area contributed by atoms with Crippen LogP contribution in [0.4, 0.5) is 4.79 Å². The van der Waals surface area contributed by atoms with Crippen LogP contribution in [0, 0.1) is 0 Å². The van der Waals surface area contributed by atoms with Crippen molar-refractivity contribution >= 4 is 11.9 Å². The van der Waals surface area contributed by atoms with E-state index in [1.807, 2.05) is 17.3 Å². The van der Waals surface area contributed by atoms with Crippen LogP contribution in [0.5, 0.6) is 0 Å². The number of nitrogens with zero attached hydrogens (tertiary/aromatic N) is 5. The Bertz CT molecular complexity index is 598. The molecule has 0 aliphatic carbocycles. The number of rotatable bonds is 7. The molecule has 1 N–H and O–H groups in total. The lowest BCUT2D eigenvalue weighted by Crippen LogP contribution is -2.46. The Morgan fingerprint density at radius 3 is 2.77 bits per heavy atom. The summed E-state index contributed by atoms with van der Waals surface area (Å²) in [4.78, 5) is 34.1. The molecule has 146 valence electrons. The van der Waals surface area contributed by atoms with Crippen LogP contribution < -0.4 is 5.32 Å². The standard InChI is InChI=1S/C18H32N6O2/c1-21(2)9-6-11-23-12-8-19-17(23)15-7-5-10-24(14-15)16(25)13-20-18(26)22(3)4/h8,12,15H,5-7,9-11,13-14H2,1-4H3,(H,20,26)/t15-/m0/s1. The van der Waals surface area contributed by atoms with Gasteiger partial charge >= 0.3 is 6.03 Å². The minimum Gasteiger partial charge on any atom is -0.340 e. The van der Waals surface area contributed by atoms with Gasteiger partial charge in [0.25, 0.3) is 0 Å². The molecule has 0 bridgehead atoms. The Morgan fingerprint density at radius 1 is 1.31 bits per heavy atom. The van der Waals surface area contributed by atoms with Crippen molar-refractivity contribution in [3.8, 4) is 0 Å². The highest BCUT2D eigenvalue weighted by Gasteiger charge is 2.27. The predicted octanol–water partition coefficient (Wildman–Crippen LogP) is 0.812. The van der Waals surface area contributed by atoms with Crippen molar-refractivity contribution in [3.63, 3.8) is 0 Å². The second kappa shape index (κ2) is 9.56. The van der Waals surface area contributed by atoms with Crippen molar-refractivity contribution in [3.05, 3.63) is 18.2 Å². The number of hydrogen-bond acceptors (Lipinski definition) is 4. The van der Waals surface area contributed by atoms with Gasteiger partial charge in [0.05, 0.1) is 6.54 Å². The minimum atomic E-state index is -0.247. The molecule has 2 heterocycles. The zero-order valence-electron chi connectivity index (χ0n) is 16.4. The van der Waals surface area contributed by atoms with E-state index in [2.05, 4.69) is 33.9 Å². The molecule has 1 atom stereocenters. The van der Waals surface area contributed by atoms with E-state index < -0.39 is 0 Å². The second-order valence-electron chi connectivity index (χ2n) is 7.37. The van der Waals surface area contributed by atoms with Gasteiger partial charge in [0.2, 0.25) is 5.91 Å². The molecule has 0 radical (unpaired) electrons. The molecule has 0 saturated carbocycles. The lowest BCUT2D eigenvalue weighted by molar-refractivity contribution is -0.131. The minimum absolute atomic E-state index is 0.0318. The van der Waals surface area contributed by atoms with E-state index >= 15 is 0 Å². The van der Waals surface area contributed by atoms with E-state index in [4.69, 9.17) is 0 Å². The zero-order chi connectivity index (χ0) is 19.1. The van der Waals surface area contributed by atoms with Gasteiger partial charge < -0.3 is 24.6 Å². The van der Waals surface area contributed by atoms with Crippen LogP contribution in [0.15, 0.2) is 12.4 Å². The number of aromatic nitrogens is 2. The number of piperidine rings is 1. The van der Waals surface area contributed by atoms with E-state index in [0.717, 1.165) is 44.7 Å². The molecule has 0 unspecified atom stereocenters. The summed E-state index contributed by atoms with van der Waals surface area (Å²) in [6, 6.07) is -0.247. The Hall–Kier alpha value is -2.09. The highest BCUT2D eigenvalue weighted by Crippen LogP contribution is 2.26. The first kappa shape index (κ1) is 20.2. The number of imidazole rings is 1. The summed E-state index contributed by atoms with van der Waals surface area (Å²) in [7, 11) is 7.47. The summed E-state index contributed by atoms with van der Waals surface area (Å²) < 4.78 is 2.22. The number of carbonyl (C=O) groups is 2. The molecule has 0 aromatic carbocycles. The van der Waals surface area contributed by atoms with Gasteiger partial charge in [-0.3, -0.25) is 4.79 Å². The third-order valence-electron chi connectivity index (χ3n) is 4.69. The zero-order valence-corrected chi connectivity index (χ0v) is 16.4. The van der Waals surface area contributed by atoms with Crippen molar-refractivity contribution in [1.29, 1.82) is 0 Å². The maximum atomic E-state index is 12.4. The molecule has 2 rings (SSSR count). The third-order valence-corrected chi connectivity index (χ3v) is 4.69. The SMILES string of the molecule is CN(C)CCCn1ccnc1[C@H]1CCCN(C(=O)CNC(=O)N(C)C)C1. The predicted molar refractivity (Wildman–Crippen MR) is 101 cm³/mol. The maximum Gasteiger partial charge on any atom is 0.317 e. The smallest absolute Gasteiger partial charge is 0.317 e. The van der Waals surface area contributed by atoms with Gasteiger partial charge in [-0.05, 0) is 39.9 Å².